The maximum atomic E-state index is 5.83. The second kappa shape index (κ2) is 5.48. The van der Waals surface area contributed by atoms with E-state index in [1.165, 1.54) is 32.2 Å². The van der Waals surface area contributed by atoms with Crippen molar-refractivity contribution < 1.29 is 4.74 Å². The van der Waals surface area contributed by atoms with Crippen LogP contribution in [0.15, 0.2) is 0 Å². The summed E-state index contributed by atoms with van der Waals surface area (Å²) < 4.78 is 5.83. The zero-order valence-electron chi connectivity index (χ0n) is 10.9. The van der Waals surface area contributed by atoms with Crippen LogP contribution in [0.25, 0.3) is 0 Å². The lowest BCUT2D eigenvalue weighted by Crippen LogP contribution is -2.48. The van der Waals surface area contributed by atoms with Gasteiger partial charge in [0.05, 0.1) is 12.2 Å². The molecule has 16 heavy (non-hydrogen) atoms. The van der Waals surface area contributed by atoms with Crippen LogP contribution in [-0.2, 0) is 4.74 Å². The van der Waals surface area contributed by atoms with E-state index in [1.807, 2.05) is 0 Å². The lowest BCUT2D eigenvalue weighted by molar-refractivity contribution is -0.0670. The molecule has 0 aromatic rings. The highest BCUT2D eigenvalue weighted by Gasteiger charge is 2.34. The standard InChI is InChI=1S/C13H26N2O/c1-10-7-13(8-11(2)16-10)15-6-4-5-12(15)9-14-3/h10-14H,4-9H2,1-3H3. The summed E-state index contributed by atoms with van der Waals surface area (Å²) >= 11 is 0. The number of hydrogen-bond donors (Lipinski definition) is 1. The molecule has 3 unspecified atom stereocenters. The molecule has 0 aromatic heterocycles. The Morgan fingerprint density at radius 2 is 1.94 bits per heavy atom. The van der Waals surface area contributed by atoms with E-state index in [4.69, 9.17) is 4.74 Å². The molecule has 0 spiro atoms. The molecular formula is C13H26N2O. The van der Waals surface area contributed by atoms with Gasteiger partial charge >= 0.3 is 0 Å². The van der Waals surface area contributed by atoms with Crippen LogP contribution in [0.2, 0.25) is 0 Å². The first-order chi connectivity index (χ1) is 7.70. The van der Waals surface area contributed by atoms with Crippen molar-refractivity contribution >= 4 is 0 Å². The van der Waals surface area contributed by atoms with Crippen molar-refractivity contribution in [2.45, 2.75) is 63.8 Å². The first-order valence-electron chi connectivity index (χ1n) is 6.76. The zero-order valence-corrected chi connectivity index (χ0v) is 10.9. The Kier molecular flexibility index (Phi) is 4.22. The summed E-state index contributed by atoms with van der Waals surface area (Å²) in [6.45, 7) is 6.86. The van der Waals surface area contributed by atoms with Crippen LogP contribution < -0.4 is 5.32 Å². The predicted molar refractivity (Wildman–Crippen MR) is 66.7 cm³/mol. The Morgan fingerprint density at radius 1 is 1.25 bits per heavy atom. The van der Waals surface area contributed by atoms with Crippen molar-refractivity contribution in [1.82, 2.24) is 10.2 Å². The highest BCUT2D eigenvalue weighted by Crippen LogP contribution is 2.29. The molecule has 2 fully saturated rings. The minimum absolute atomic E-state index is 0.435. The van der Waals surface area contributed by atoms with Crippen molar-refractivity contribution in [3.63, 3.8) is 0 Å². The maximum Gasteiger partial charge on any atom is 0.0565 e. The Labute approximate surface area is 99.5 Å². The Bertz CT molecular complexity index is 212. The van der Waals surface area contributed by atoms with Gasteiger partial charge in [0.25, 0.3) is 0 Å². The molecule has 2 aliphatic heterocycles. The molecular weight excluding hydrogens is 200 g/mol. The topological polar surface area (TPSA) is 24.5 Å². The van der Waals surface area contributed by atoms with Crippen molar-refractivity contribution in [2.75, 3.05) is 20.1 Å². The number of likely N-dealkylation sites (N-methyl/N-ethyl adjacent to an activating group) is 1. The highest BCUT2D eigenvalue weighted by molar-refractivity contribution is 4.89. The number of hydrogen-bond acceptors (Lipinski definition) is 3. The summed E-state index contributed by atoms with van der Waals surface area (Å²) in [4.78, 5) is 2.73. The number of ether oxygens (including phenoxy) is 1. The van der Waals surface area contributed by atoms with Crippen molar-refractivity contribution in [3.8, 4) is 0 Å². The van der Waals surface area contributed by atoms with E-state index in [2.05, 4.69) is 31.1 Å². The molecule has 94 valence electrons. The SMILES string of the molecule is CNCC1CCCN1C1CC(C)OC(C)C1. The van der Waals surface area contributed by atoms with Crippen LogP contribution in [-0.4, -0.2) is 49.3 Å². The maximum absolute atomic E-state index is 5.83. The summed E-state index contributed by atoms with van der Waals surface area (Å²) in [5.41, 5.74) is 0. The smallest absolute Gasteiger partial charge is 0.0565 e. The van der Waals surface area contributed by atoms with E-state index in [1.54, 1.807) is 0 Å². The van der Waals surface area contributed by atoms with E-state index in [9.17, 15) is 0 Å². The fraction of sp³-hybridized carbons (Fsp3) is 1.00. The van der Waals surface area contributed by atoms with Crippen molar-refractivity contribution in [3.05, 3.63) is 0 Å². The van der Waals surface area contributed by atoms with Gasteiger partial charge in [-0.3, -0.25) is 4.90 Å². The summed E-state index contributed by atoms with van der Waals surface area (Å²) in [6.07, 6.45) is 6.02. The van der Waals surface area contributed by atoms with Gasteiger partial charge in [0.1, 0.15) is 0 Å². The second-order valence-electron chi connectivity index (χ2n) is 5.47. The van der Waals surface area contributed by atoms with Gasteiger partial charge in [0.2, 0.25) is 0 Å². The predicted octanol–water partition coefficient (Wildman–Crippen LogP) is 1.63. The summed E-state index contributed by atoms with van der Waals surface area (Å²) in [7, 11) is 2.06. The molecule has 0 radical (unpaired) electrons. The van der Waals surface area contributed by atoms with Crippen LogP contribution in [0.5, 0.6) is 0 Å². The van der Waals surface area contributed by atoms with Crippen LogP contribution >= 0.6 is 0 Å². The second-order valence-corrected chi connectivity index (χ2v) is 5.47. The quantitative estimate of drug-likeness (QED) is 0.791. The normalized spacial score (nSPS) is 41.4. The van der Waals surface area contributed by atoms with Crippen molar-refractivity contribution in [2.24, 2.45) is 0 Å². The highest BCUT2D eigenvalue weighted by atomic mass is 16.5. The summed E-state index contributed by atoms with van der Waals surface area (Å²) in [5.74, 6) is 0. The van der Waals surface area contributed by atoms with Crippen LogP contribution in [0.4, 0.5) is 0 Å². The van der Waals surface area contributed by atoms with Gasteiger partial charge in [0, 0.05) is 18.6 Å². The molecule has 2 saturated heterocycles. The third-order valence-corrected chi connectivity index (χ3v) is 4.00. The zero-order chi connectivity index (χ0) is 11.5. The van der Waals surface area contributed by atoms with Gasteiger partial charge < -0.3 is 10.1 Å². The molecule has 3 heteroatoms. The fourth-order valence-electron chi connectivity index (χ4n) is 3.43. The van der Waals surface area contributed by atoms with E-state index in [0.717, 1.165) is 18.6 Å². The van der Waals surface area contributed by atoms with E-state index in [0.29, 0.717) is 12.2 Å². The van der Waals surface area contributed by atoms with Gasteiger partial charge in [-0.25, -0.2) is 0 Å². The molecule has 1 N–H and O–H groups in total. The van der Waals surface area contributed by atoms with Crippen LogP contribution in [0.1, 0.15) is 39.5 Å². The number of nitrogens with one attached hydrogen (secondary N) is 1. The fourth-order valence-corrected chi connectivity index (χ4v) is 3.43. The van der Waals surface area contributed by atoms with E-state index >= 15 is 0 Å². The molecule has 3 nitrogen and oxygen atoms in total. The molecule has 3 atom stereocenters. The van der Waals surface area contributed by atoms with Crippen LogP contribution in [0.3, 0.4) is 0 Å². The molecule has 0 aromatic carbocycles. The number of rotatable bonds is 3. The molecule has 0 aliphatic carbocycles. The molecule has 0 saturated carbocycles. The van der Waals surface area contributed by atoms with Crippen LogP contribution in [0, 0.1) is 0 Å². The Morgan fingerprint density at radius 3 is 2.56 bits per heavy atom. The summed E-state index contributed by atoms with van der Waals surface area (Å²) in [6, 6.07) is 1.51. The van der Waals surface area contributed by atoms with Gasteiger partial charge in [-0.1, -0.05) is 0 Å². The lowest BCUT2D eigenvalue weighted by atomic mass is 9.97. The number of likely N-dealkylation sites (tertiary alicyclic amines) is 1. The molecule has 2 heterocycles. The van der Waals surface area contributed by atoms with E-state index in [-0.39, 0.29) is 0 Å². The average molecular weight is 226 g/mol. The molecule has 2 rings (SSSR count). The van der Waals surface area contributed by atoms with Gasteiger partial charge in [-0.15, -0.1) is 0 Å². The average Bonchev–Trinajstić information content (AvgIpc) is 2.65. The minimum Gasteiger partial charge on any atom is -0.375 e. The largest absolute Gasteiger partial charge is 0.375 e. The Balaban J connectivity index is 1.94. The lowest BCUT2D eigenvalue weighted by Gasteiger charge is -2.40. The third kappa shape index (κ3) is 2.76. The van der Waals surface area contributed by atoms with Crippen molar-refractivity contribution in [1.29, 1.82) is 0 Å². The van der Waals surface area contributed by atoms with Gasteiger partial charge in [-0.2, -0.15) is 0 Å². The van der Waals surface area contributed by atoms with Gasteiger partial charge in [0.15, 0.2) is 0 Å². The molecule has 2 aliphatic rings. The molecule has 0 amide bonds. The number of nitrogens with zero attached hydrogens (tertiary/aromatic N) is 1. The molecule has 0 bridgehead atoms. The summed E-state index contributed by atoms with van der Waals surface area (Å²) in [5, 5.41) is 3.33. The Hall–Kier alpha value is -0.120. The first kappa shape index (κ1) is 12.3. The minimum atomic E-state index is 0.435. The first-order valence-corrected chi connectivity index (χ1v) is 6.76. The van der Waals surface area contributed by atoms with E-state index < -0.39 is 0 Å². The third-order valence-electron chi connectivity index (χ3n) is 4.00. The monoisotopic (exact) mass is 226 g/mol. The van der Waals surface area contributed by atoms with Gasteiger partial charge in [-0.05, 0) is 53.1 Å².